The minimum atomic E-state index is -0.769. The first-order valence-electron chi connectivity index (χ1n) is 7.07. The molecule has 4 heteroatoms. The molecular formula is C16H20N2O2. The third-order valence-electron chi connectivity index (χ3n) is 4.23. The number of benzene rings is 1. The lowest BCUT2D eigenvalue weighted by molar-refractivity contribution is -0.138. The number of fused-ring (bicyclic) bond motifs is 1. The third-order valence-corrected chi connectivity index (χ3v) is 4.23. The van der Waals surface area contributed by atoms with Crippen LogP contribution in [0.2, 0.25) is 0 Å². The first kappa shape index (κ1) is 13.2. The number of nitrogens with zero attached hydrogens (tertiary/aromatic N) is 2. The molecule has 0 bridgehead atoms. The van der Waals surface area contributed by atoms with Crippen molar-refractivity contribution in [1.82, 2.24) is 9.55 Å². The fourth-order valence-electron chi connectivity index (χ4n) is 2.83. The van der Waals surface area contributed by atoms with Crippen molar-refractivity contribution in [3.63, 3.8) is 0 Å². The minimum Gasteiger partial charge on any atom is -0.481 e. The number of hydrogen-bond donors (Lipinski definition) is 1. The molecule has 1 aliphatic carbocycles. The van der Waals surface area contributed by atoms with Crippen molar-refractivity contribution in [3.05, 3.63) is 29.6 Å². The average molecular weight is 272 g/mol. The molecule has 0 spiro atoms. The van der Waals surface area contributed by atoms with Crippen molar-refractivity contribution in [3.8, 4) is 0 Å². The Labute approximate surface area is 118 Å². The zero-order valence-corrected chi connectivity index (χ0v) is 12.2. The molecule has 106 valence electrons. The summed E-state index contributed by atoms with van der Waals surface area (Å²) < 4.78 is 2.17. The highest BCUT2D eigenvalue weighted by molar-refractivity contribution is 5.78. The van der Waals surface area contributed by atoms with E-state index in [-0.39, 0.29) is 11.8 Å². The zero-order valence-electron chi connectivity index (χ0n) is 12.2. The molecule has 1 aromatic carbocycles. The van der Waals surface area contributed by atoms with Gasteiger partial charge in [0.15, 0.2) is 0 Å². The van der Waals surface area contributed by atoms with Crippen molar-refractivity contribution >= 4 is 17.0 Å². The van der Waals surface area contributed by atoms with Crippen LogP contribution in [0.4, 0.5) is 0 Å². The highest BCUT2D eigenvalue weighted by Gasteiger charge is 2.29. The highest BCUT2D eigenvalue weighted by atomic mass is 16.4. The van der Waals surface area contributed by atoms with Crippen molar-refractivity contribution in [2.24, 2.45) is 7.05 Å². The molecule has 1 fully saturated rings. The largest absolute Gasteiger partial charge is 0.481 e. The molecule has 0 saturated heterocycles. The Bertz CT molecular complexity index is 681. The Morgan fingerprint density at radius 2 is 2.15 bits per heavy atom. The Kier molecular flexibility index (Phi) is 2.85. The summed E-state index contributed by atoms with van der Waals surface area (Å²) in [5.74, 6) is 1.01. The minimum absolute atomic E-state index is 0.126. The molecule has 0 atom stereocenters. The van der Waals surface area contributed by atoms with Crippen LogP contribution >= 0.6 is 0 Å². The third kappa shape index (κ3) is 2.19. The fourth-order valence-corrected chi connectivity index (χ4v) is 2.83. The van der Waals surface area contributed by atoms with Gasteiger partial charge in [0.25, 0.3) is 0 Å². The number of rotatable bonds is 4. The Hall–Kier alpha value is -1.84. The predicted molar refractivity (Wildman–Crippen MR) is 78.0 cm³/mol. The molecule has 2 aromatic rings. The number of imidazole rings is 1. The summed E-state index contributed by atoms with van der Waals surface area (Å²) >= 11 is 0. The SMILES string of the molecule is Cn1c(C2CC2)nc2cc(C(C)(C)CC(=O)O)ccc21. The maximum Gasteiger partial charge on any atom is 0.304 e. The van der Waals surface area contributed by atoms with E-state index in [9.17, 15) is 4.79 Å². The van der Waals surface area contributed by atoms with E-state index in [1.807, 2.05) is 26.0 Å². The molecule has 3 rings (SSSR count). The smallest absolute Gasteiger partial charge is 0.304 e. The van der Waals surface area contributed by atoms with Gasteiger partial charge in [-0.15, -0.1) is 0 Å². The van der Waals surface area contributed by atoms with Crippen LogP contribution in [-0.2, 0) is 17.3 Å². The van der Waals surface area contributed by atoms with Crippen LogP contribution in [0.3, 0.4) is 0 Å². The van der Waals surface area contributed by atoms with Gasteiger partial charge in [0.05, 0.1) is 17.5 Å². The monoisotopic (exact) mass is 272 g/mol. The Balaban J connectivity index is 2.04. The number of aliphatic carboxylic acids is 1. The second-order valence-electron chi connectivity index (χ2n) is 6.46. The number of carboxylic acid groups (broad SMARTS) is 1. The predicted octanol–water partition coefficient (Wildman–Crippen LogP) is 3.20. The van der Waals surface area contributed by atoms with Crippen molar-refractivity contribution in [1.29, 1.82) is 0 Å². The number of aryl methyl sites for hydroxylation is 1. The maximum absolute atomic E-state index is 11.0. The van der Waals surface area contributed by atoms with Gasteiger partial charge in [0.2, 0.25) is 0 Å². The van der Waals surface area contributed by atoms with Gasteiger partial charge in [0, 0.05) is 18.4 Å². The van der Waals surface area contributed by atoms with Gasteiger partial charge in [-0.25, -0.2) is 4.98 Å². The number of aromatic nitrogens is 2. The van der Waals surface area contributed by atoms with Crippen LogP contribution in [0.25, 0.3) is 11.0 Å². The lowest BCUT2D eigenvalue weighted by Crippen LogP contribution is -2.21. The molecule has 1 saturated carbocycles. The highest BCUT2D eigenvalue weighted by Crippen LogP contribution is 2.40. The second-order valence-corrected chi connectivity index (χ2v) is 6.46. The van der Waals surface area contributed by atoms with Crippen LogP contribution in [0.5, 0.6) is 0 Å². The van der Waals surface area contributed by atoms with Crippen LogP contribution in [0, 0.1) is 0 Å². The first-order chi connectivity index (χ1) is 9.38. The number of hydrogen-bond acceptors (Lipinski definition) is 2. The first-order valence-corrected chi connectivity index (χ1v) is 7.07. The van der Waals surface area contributed by atoms with E-state index in [4.69, 9.17) is 10.1 Å². The van der Waals surface area contributed by atoms with E-state index in [1.54, 1.807) is 0 Å². The van der Waals surface area contributed by atoms with Crippen LogP contribution < -0.4 is 0 Å². The molecule has 1 N–H and O–H groups in total. The Morgan fingerprint density at radius 3 is 2.75 bits per heavy atom. The molecule has 0 radical (unpaired) electrons. The van der Waals surface area contributed by atoms with E-state index in [2.05, 4.69) is 17.7 Å². The zero-order chi connectivity index (χ0) is 14.5. The molecule has 4 nitrogen and oxygen atoms in total. The van der Waals surface area contributed by atoms with Crippen LogP contribution in [-0.4, -0.2) is 20.6 Å². The van der Waals surface area contributed by atoms with E-state index in [0.29, 0.717) is 5.92 Å². The van der Waals surface area contributed by atoms with Gasteiger partial charge in [0.1, 0.15) is 5.82 Å². The van der Waals surface area contributed by atoms with E-state index < -0.39 is 5.97 Å². The van der Waals surface area contributed by atoms with Gasteiger partial charge in [-0.05, 0) is 30.5 Å². The summed E-state index contributed by atoms with van der Waals surface area (Å²) in [6.45, 7) is 3.93. The van der Waals surface area contributed by atoms with Gasteiger partial charge >= 0.3 is 5.97 Å². The van der Waals surface area contributed by atoms with Crippen LogP contribution in [0.1, 0.15) is 50.4 Å². The average Bonchev–Trinajstić information content (AvgIpc) is 3.13. The molecule has 1 heterocycles. The van der Waals surface area contributed by atoms with E-state index >= 15 is 0 Å². The van der Waals surface area contributed by atoms with E-state index in [0.717, 1.165) is 22.4 Å². The molecule has 0 unspecified atom stereocenters. The normalized spacial score (nSPS) is 15.8. The van der Waals surface area contributed by atoms with Gasteiger partial charge in [-0.3, -0.25) is 4.79 Å². The summed E-state index contributed by atoms with van der Waals surface area (Å²) in [6, 6.07) is 6.14. The molecule has 0 aliphatic heterocycles. The topological polar surface area (TPSA) is 55.1 Å². The number of carbonyl (C=O) groups is 1. The quantitative estimate of drug-likeness (QED) is 0.929. The maximum atomic E-state index is 11.0. The number of carboxylic acids is 1. The molecular weight excluding hydrogens is 252 g/mol. The fraction of sp³-hybridized carbons (Fsp3) is 0.500. The standard InChI is InChI=1S/C16H20N2O2/c1-16(2,9-14(19)20)11-6-7-13-12(8-11)17-15(18(13)3)10-4-5-10/h6-8,10H,4-5,9H2,1-3H3,(H,19,20). The van der Waals surface area contributed by atoms with Crippen LogP contribution in [0.15, 0.2) is 18.2 Å². The van der Waals surface area contributed by atoms with Gasteiger partial charge < -0.3 is 9.67 Å². The van der Waals surface area contributed by atoms with Crippen molar-refractivity contribution in [2.75, 3.05) is 0 Å². The molecule has 0 amide bonds. The second kappa shape index (κ2) is 4.33. The molecule has 20 heavy (non-hydrogen) atoms. The lowest BCUT2D eigenvalue weighted by atomic mass is 9.81. The summed E-state index contributed by atoms with van der Waals surface area (Å²) in [7, 11) is 2.06. The van der Waals surface area contributed by atoms with Crippen molar-refractivity contribution in [2.45, 2.75) is 44.4 Å². The van der Waals surface area contributed by atoms with Crippen molar-refractivity contribution < 1.29 is 9.90 Å². The molecule has 1 aliphatic rings. The Morgan fingerprint density at radius 1 is 1.45 bits per heavy atom. The summed E-state index contributed by atoms with van der Waals surface area (Å²) in [5, 5.41) is 9.03. The summed E-state index contributed by atoms with van der Waals surface area (Å²) in [6.07, 6.45) is 2.59. The van der Waals surface area contributed by atoms with E-state index in [1.165, 1.54) is 12.8 Å². The lowest BCUT2D eigenvalue weighted by Gasteiger charge is -2.23. The summed E-state index contributed by atoms with van der Waals surface area (Å²) in [4.78, 5) is 15.7. The van der Waals surface area contributed by atoms with Gasteiger partial charge in [-0.2, -0.15) is 0 Å². The summed E-state index contributed by atoms with van der Waals surface area (Å²) in [5.41, 5.74) is 2.76. The van der Waals surface area contributed by atoms with Gasteiger partial charge in [-0.1, -0.05) is 19.9 Å². The molecule has 1 aromatic heterocycles.